The molecule has 0 fully saturated rings. The predicted octanol–water partition coefficient (Wildman–Crippen LogP) is 2.16. The van der Waals surface area contributed by atoms with Crippen molar-refractivity contribution < 1.29 is 13.2 Å². The van der Waals surface area contributed by atoms with Gasteiger partial charge in [0.05, 0.1) is 6.42 Å². The Balaban J connectivity index is 1.84. The summed E-state index contributed by atoms with van der Waals surface area (Å²) in [6.07, 6.45) is 1.18. The van der Waals surface area contributed by atoms with Crippen LogP contribution in [0.2, 0.25) is 0 Å². The van der Waals surface area contributed by atoms with Crippen LogP contribution in [0.5, 0.6) is 0 Å². The monoisotopic (exact) mass is 381 g/mol. The zero-order chi connectivity index (χ0) is 18.3. The van der Waals surface area contributed by atoms with Crippen LogP contribution >= 0.6 is 11.3 Å². The largest absolute Gasteiger partial charge is 0.356 e. The summed E-state index contributed by atoms with van der Waals surface area (Å²) in [6, 6.07) is 10.1. The number of carbonyl (C=O) groups excluding carboxylic acids is 1. The van der Waals surface area contributed by atoms with Crippen LogP contribution in [0.1, 0.15) is 12.0 Å². The molecule has 0 bridgehead atoms. The number of nitrogens with one attached hydrogen (secondary N) is 2. The van der Waals surface area contributed by atoms with Crippen molar-refractivity contribution in [1.29, 1.82) is 0 Å². The Hall–Kier alpha value is -1.90. The number of hydrogen-bond donors (Lipinski definition) is 2. The standard InChI is InChI=1S/C17H23N3O3S2/c1-20(2)11-4-10-18-16(21)13-14-6-8-15(9-7-14)19-25(22,23)17-5-3-12-24-17/h3,5-9,12,19H,4,10-11,13H2,1-2H3,(H,18,21). The highest BCUT2D eigenvalue weighted by Crippen LogP contribution is 2.20. The summed E-state index contributed by atoms with van der Waals surface area (Å²) < 4.78 is 27.1. The maximum atomic E-state index is 12.2. The number of benzene rings is 1. The SMILES string of the molecule is CN(C)CCCNC(=O)Cc1ccc(NS(=O)(=O)c2cccs2)cc1. The Kier molecular flexibility index (Phi) is 6.98. The van der Waals surface area contributed by atoms with Gasteiger partial charge in [0.25, 0.3) is 10.0 Å². The van der Waals surface area contributed by atoms with Gasteiger partial charge in [-0.05, 0) is 56.2 Å². The fraction of sp³-hybridized carbons (Fsp3) is 0.353. The highest BCUT2D eigenvalue weighted by molar-refractivity contribution is 7.94. The quantitative estimate of drug-likeness (QED) is 0.653. The van der Waals surface area contributed by atoms with Crippen molar-refractivity contribution in [2.45, 2.75) is 17.1 Å². The second-order valence-electron chi connectivity index (χ2n) is 5.92. The molecule has 0 radical (unpaired) electrons. The van der Waals surface area contributed by atoms with Gasteiger partial charge < -0.3 is 10.2 Å². The number of amides is 1. The molecule has 2 aromatic rings. The summed E-state index contributed by atoms with van der Waals surface area (Å²) in [5.41, 5.74) is 1.31. The predicted molar refractivity (Wildman–Crippen MR) is 101 cm³/mol. The van der Waals surface area contributed by atoms with Crippen molar-refractivity contribution >= 4 is 33.0 Å². The lowest BCUT2D eigenvalue weighted by atomic mass is 10.1. The third kappa shape index (κ3) is 6.49. The van der Waals surface area contributed by atoms with Gasteiger partial charge in [0, 0.05) is 12.2 Å². The van der Waals surface area contributed by atoms with Gasteiger partial charge >= 0.3 is 0 Å². The molecule has 1 heterocycles. The van der Waals surface area contributed by atoms with Gasteiger partial charge in [0.2, 0.25) is 5.91 Å². The van der Waals surface area contributed by atoms with Crippen LogP contribution in [0, 0.1) is 0 Å². The zero-order valence-corrected chi connectivity index (χ0v) is 16.0. The second kappa shape index (κ2) is 8.98. The fourth-order valence-corrected chi connectivity index (χ4v) is 4.23. The first-order valence-corrected chi connectivity index (χ1v) is 10.3. The van der Waals surface area contributed by atoms with Crippen LogP contribution in [-0.4, -0.2) is 46.4 Å². The molecular formula is C17H23N3O3S2. The molecule has 0 atom stereocenters. The van der Waals surface area contributed by atoms with E-state index in [1.807, 2.05) is 14.1 Å². The van der Waals surface area contributed by atoms with Crippen molar-refractivity contribution in [3.63, 3.8) is 0 Å². The van der Waals surface area contributed by atoms with Crippen molar-refractivity contribution in [2.75, 3.05) is 31.9 Å². The van der Waals surface area contributed by atoms with Gasteiger partial charge in [-0.25, -0.2) is 8.42 Å². The van der Waals surface area contributed by atoms with Crippen LogP contribution in [0.4, 0.5) is 5.69 Å². The molecule has 136 valence electrons. The molecule has 6 nitrogen and oxygen atoms in total. The van der Waals surface area contributed by atoms with E-state index in [-0.39, 0.29) is 16.5 Å². The van der Waals surface area contributed by atoms with Crippen LogP contribution in [-0.2, 0) is 21.2 Å². The van der Waals surface area contributed by atoms with E-state index in [1.165, 1.54) is 11.3 Å². The number of thiophene rings is 1. The first-order chi connectivity index (χ1) is 11.9. The Morgan fingerprint density at radius 2 is 1.88 bits per heavy atom. The summed E-state index contributed by atoms with van der Waals surface area (Å²) in [6.45, 7) is 1.58. The van der Waals surface area contributed by atoms with Gasteiger partial charge in [-0.15, -0.1) is 11.3 Å². The van der Waals surface area contributed by atoms with Gasteiger partial charge in [0.1, 0.15) is 4.21 Å². The van der Waals surface area contributed by atoms with Crippen molar-refractivity contribution in [1.82, 2.24) is 10.2 Å². The van der Waals surface area contributed by atoms with E-state index in [4.69, 9.17) is 0 Å². The molecule has 0 unspecified atom stereocenters. The van der Waals surface area contributed by atoms with Crippen molar-refractivity contribution in [3.05, 3.63) is 47.3 Å². The smallest absolute Gasteiger partial charge is 0.271 e. The minimum absolute atomic E-state index is 0.0364. The third-order valence-electron chi connectivity index (χ3n) is 3.44. The highest BCUT2D eigenvalue weighted by Gasteiger charge is 2.15. The molecule has 8 heteroatoms. The average molecular weight is 382 g/mol. The van der Waals surface area contributed by atoms with E-state index in [9.17, 15) is 13.2 Å². The summed E-state index contributed by atoms with van der Waals surface area (Å²) in [5, 5.41) is 4.60. The minimum atomic E-state index is -3.54. The van der Waals surface area contributed by atoms with Gasteiger partial charge in [-0.3, -0.25) is 9.52 Å². The lowest BCUT2D eigenvalue weighted by Crippen LogP contribution is -2.28. The van der Waals surface area contributed by atoms with Gasteiger partial charge in [0.15, 0.2) is 0 Å². The molecule has 25 heavy (non-hydrogen) atoms. The first kappa shape index (κ1) is 19.4. The maximum Gasteiger partial charge on any atom is 0.271 e. The highest BCUT2D eigenvalue weighted by atomic mass is 32.2. The lowest BCUT2D eigenvalue weighted by Gasteiger charge is -2.10. The number of hydrogen-bond acceptors (Lipinski definition) is 5. The summed E-state index contributed by atoms with van der Waals surface area (Å²) >= 11 is 1.17. The fourth-order valence-electron chi connectivity index (χ4n) is 2.18. The van der Waals surface area contributed by atoms with E-state index in [0.29, 0.717) is 12.2 Å². The Morgan fingerprint density at radius 1 is 1.16 bits per heavy atom. The number of rotatable bonds is 9. The molecule has 0 aliphatic heterocycles. The van der Waals surface area contributed by atoms with E-state index < -0.39 is 10.0 Å². The first-order valence-electron chi connectivity index (χ1n) is 7.93. The van der Waals surface area contributed by atoms with Crippen LogP contribution in [0.3, 0.4) is 0 Å². The summed E-state index contributed by atoms with van der Waals surface area (Å²) in [7, 11) is 0.450. The molecule has 0 saturated carbocycles. The number of sulfonamides is 1. The zero-order valence-electron chi connectivity index (χ0n) is 14.4. The average Bonchev–Trinajstić information content (AvgIpc) is 3.08. The molecular weight excluding hydrogens is 358 g/mol. The van der Waals surface area contributed by atoms with Crippen molar-refractivity contribution in [3.8, 4) is 0 Å². The molecule has 0 spiro atoms. The Bertz CT molecular complexity index is 770. The Morgan fingerprint density at radius 3 is 2.48 bits per heavy atom. The topological polar surface area (TPSA) is 78.5 Å². The molecule has 2 N–H and O–H groups in total. The van der Waals surface area contributed by atoms with Gasteiger partial charge in [-0.2, -0.15) is 0 Å². The molecule has 0 aliphatic carbocycles. The second-order valence-corrected chi connectivity index (χ2v) is 8.78. The van der Waals surface area contributed by atoms with E-state index in [1.54, 1.807) is 41.8 Å². The molecule has 0 aliphatic rings. The molecule has 2 rings (SSSR count). The van der Waals surface area contributed by atoms with Gasteiger partial charge in [-0.1, -0.05) is 18.2 Å². The number of nitrogens with zero attached hydrogens (tertiary/aromatic N) is 1. The molecule has 1 aromatic heterocycles. The van der Waals surface area contributed by atoms with E-state index >= 15 is 0 Å². The summed E-state index contributed by atoms with van der Waals surface area (Å²) in [5.74, 6) is -0.0364. The van der Waals surface area contributed by atoms with Crippen molar-refractivity contribution in [2.24, 2.45) is 0 Å². The molecule has 1 aromatic carbocycles. The van der Waals surface area contributed by atoms with Crippen LogP contribution < -0.4 is 10.0 Å². The Labute approximate surface area is 152 Å². The number of carbonyl (C=O) groups is 1. The molecule has 1 amide bonds. The third-order valence-corrected chi connectivity index (χ3v) is 6.21. The van der Waals surface area contributed by atoms with E-state index in [2.05, 4.69) is 14.9 Å². The minimum Gasteiger partial charge on any atom is -0.356 e. The van der Waals surface area contributed by atoms with Crippen LogP contribution in [0.15, 0.2) is 46.0 Å². The molecule has 0 saturated heterocycles. The normalized spacial score (nSPS) is 11.5. The van der Waals surface area contributed by atoms with E-state index in [0.717, 1.165) is 18.5 Å². The number of anilines is 1. The lowest BCUT2D eigenvalue weighted by molar-refractivity contribution is -0.120. The maximum absolute atomic E-state index is 12.2. The van der Waals surface area contributed by atoms with Crippen LogP contribution in [0.25, 0.3) is 0 Å². The summed E-state index contributed by atoms with van der Waals surface area (Å²) in [4.78, 5) is 14.0.